The van der Waals surface area contributed by atoms with Crippen LogP contribution in [0.1, 0.15) is 66.0 Å². The normalized spacial score (nSPS) is 13.3. The number of nitrogen functional groups attached to an aromatic ring is 1. The van der Waals surface area contributed by atoms with Gasteiger partial charge in [-0.1, -0.05) is 17.7 Å². The van der Waals surface area contributed by atoms with Gasteiger partial charge in [-0.3, -0.25) is 9.78 Å². The summed E-state index contributed by atoms with van der Waals surface area (Å²) in [5.41, 5.74) is 11.6. The molecule has 51 heavy (non-hydrogen) atoms. The standard InChI is InChI=1S/C27H30ClN7O2.2C2HF3O2/c1-6-37-24-18(15(3)35-26-22(25(29)31-13-32-26)23(33-35)16-7-8-16)11-19(28)14(2)21(24)17-9-10-20(30-12-17)27(36)34(4)5;2*3-2(4,5)1(6)7/h9-13,15-16H,6-8H2,1-5H3,(H2,29,31,32);2*(H,6,7). The minimum absolute atomic E-state index is 0.160. The molecule has 4 aromatic rings. The fourth-order valence-corrected chi connectivity index (χ4v) is 4.88. The van der Waals surface area contributed by atoms with Gasteiger partial charge in [-0.15, -0.1) is 0 Å². The number of fused-ring (bicyclic) bond motifs is 1. The van der Waals surface area contributed by atoms with Crippen molar-refractivity contribution in [2.24, 2.45) is 0 Å². The number of carbonyl (C=O) groups is 3. The zero-order chi connectivity index (χ0) is 38.6. The van der Waals surface area contributed by atoms with Crippen molar-refractivity contribution in [3.05, 3.63) is 58.3 Å². The van der Waals surface area contributed by atoms with Crippen LogP contribution in [0.4, 0.5) is 32.2 Å². The van der Waals surface area contributed by atoms with Gasteiger partial charge in [0.25, 0.3) is 5.91 Å². The molecule has 1 aliphatic rings. The molecule has 276 valence electrons. The van der Waals surface area contributed by atoms with Gasteiger partial charge in [0.2, 0.25) is 0 Å². The second-order valence-electron chi connectivity index (χ2n) is 11.2. The highest BCUT2D eigenvalue weighted by Gasteiger charge is 2.39. The SMILES string of the molecule is CCOc1c(C(C)n2nc(C3CC3)c3c(N)ncnc32)cc(Cl)c(C)c1-c1ccc(C(=O)N(C)C)nc1.O=C(O)C(F)(F)F.O=C(O)C(F)(F)F. The van der Waals surface area contributed by atoms with Gasteiger partial charge in [0.1, 0.15) is 23.6 Å². The van der Waals surface area contributed by atoms with Crippen molar-refractivity contribution in [1.29, 1.82) is 0 Å². The number of aliphatic carboxylic acids is 2. The highest BCUT2D eigenvalue weighted by Crippen LogP contribution is 2.46. The Balaban J connectivity index is 0.000000424. The first-order valence-electron chi connectivity index (χ1n) is 14.8. The lowest BCUT2D eigenvalue weighted by molar-refractivity contribution is -0.193. The van der Waals surface area contributed by atoms with Gasteiger partial charge in [0.05, 0.1) is 23.7 Å². The van der Waals surface area contributed by atoms with Crippen LogP contribution in [0, 0.1) is 6.92 Å². The molecule has 1 aliphatic carbocycles. The lowest BCUT2D eigenvalue weighted by atomic mass is 9.94. The van der Waals surface area contributed by atoms with Crippen molar-refractivity contribution in [3.8, 4) is 16.9 Å². The molecule has 3 heterocycles. The minimum atomic E-state index is -5.08. The van der Waals surface area contributed by atoms with E-state index >= 15 is 0 Å². The molecule has 13 nitrogen and oxygen atoms in total. The first-order chi connectivity index (χ1) is 23.6. The number of carboxylic acid groups (broad SMARTS) is 2. The number of nitrogens with two attached hydrogens (primary N) is 1. The van der Waals surface area contributed by atoms with Gasteiger partial charge >= 0.3 is 24.3 Å². The third-order valence-corrected chi connectivity index (χ3v) is 7.67. The summed E-state index contributed by atoms with van der Waals surface area (Å²) in [5, 5.41) is 20.6. The van der Waals surface area contributed by atoms with Gasteiger partial charge in [-0.05, 0) is 51.3 Å². The molecule has 1 amide bonds. The maximum Gasteiger partial charge on any atom is 0.490 e. The fraction of sp³-hybridized carbons (Fsp3) is 0.387. The second-order valence-corrected chi connectivity index (χ2v) is 11.6. The maximum atomic E-state index is 12.4. The van der Waals surface area contributed by atoms with Crippen LogP contribution in [-0.4, -0.2) is 90.7 Å². The summed E-state index contributed by atoms with van der Waals surface area (Å²) in [6.07, 6.45) is -4.84. The number of alkyl halides is 6. The topological polar surface area (TPSA) is 187 Å². The smallest absolute Gasteiger partial charge is 0.490 e. The molecular weight excluding hydrogens is 716 g/mol. The van der Waals surface area contributed by atoms with Gasteiger partial charge in [0.15, 0.2) is 5.65 Å². The van der Waals surface area contributed by atoms with E-state index in [2.05, 4.69) is 15.0 Å². The molecular formula is C31H32ClF6N7O6. The van der Waals surface area contributed by atoms with Gasteiger partial charge < -0.3 is 25.6 Å². The lowest BCUT2D eigenvalue weighted by Crippen LogP contribution is -2.22. The number of hydrogen-bond donors (Lipinski definition) is 3. The number of ether oxygens (including phenoxy) is 1. The highest BCUT2D eigenvalue weighted by molar-refractivity contribution is 6.32. The Morgan fingerprint density at radius 1 is 1.06 bits per heavy atom. The number of anilines is 1. The maximum absolute atomic E-state index is 12.4. The summed E-state index contributed by atoms with van der Waals surface area (Å²) in [5.74, 6) is -4.16. The number of halogens is 7. The van der Waals surface area contributed by atoms with Crippen molar-refractivity contribution in [2.75, 3.05) is 26.4 Å². The number of aromatic nitrogens is 5. The Kier molecular flexibility index (Phi) is 12.4. The predicted molar refractivity (Wildman–Crippen MR) is 172 cm³/mol. The van der Waals surface area contributed by atoms with E-state index < -0.39 is 24.3 Å². The van der Waals surface area contributed by atoms with Crippen LogP contribution in [0.25, 0.3) is 22.2 Å². The van der Waals surface area contributed by atoms with Crippen LogP contribution in [0.5, 0.6) is 5.75 Å². The first kappa shape index (κ1) is 40.2. The molecule has 0 spiro atoms. The van der Waals surface area contributed by atoms with E-state index in [0.717, 1.165) is 46.2 Å². The van der Waals surface area contributed by atoms with E-state index in [0.29, 0.717) is 40.5 Å². The van der Waals surface area contributed by atoms with Gasteiger partial charge in [-0.2, -0.15) is 31.4 Å². The summed E-state index contributed by atoms with van der Waals surface area (Å²) >= 11 is 6.79. The van der Waals surface area contributed by atoms with Gasteiger partial charge in [0, 0.05) is 47.9 Å². The number of carbonyl (C=O) groups excluding carboxylic acids is 1. The van der Waals surface area contributed by atoms with Crippen LogP contribution in [0.15, 0.2) is 30.7 Å². The molecule has 0 radical (unpaired) electrons. The summed E-state index contributed by atoms with van der Waals surface area (Å²) in [7, 11) is 3.40. The molecule has 20 heteroatoms. The van der Waals surface area contributed by atoms with Crippen LogP contribution >= 0.6 is 11.6 Å². The first-order valence-corrected chi connectivity index (χ1v) is 15.2. The van der Waals surface area contributed by atoms with E-state index in [1.807, 2.05) is 37.6 Å². The number of rotatable bonds is 7. The molecule has 4 N–H and O–H groups in total. The van der Waals surface area contributed by atoms with Crippen molar-refractivity contribution in [1.82, 2.24) is 29.6 Å². The Bertz CT molecular complexity index is 1890. The van der Waals surface area contributed by atoms with Gasteiger partial charge in [-0.25, -0.2) is 24.2 Å². The molecule has 0 aliphatic heterocycles. The second kappa shape index (κ2) is 15.8. The predicted octanol–water partition coefficient (Wildman–Crippen LogP) is 6.29. The van der Waals surface area contributed by atoms with E-state index in [-0.39, 0.29) is 11.9 Å². The molecule has 1 unspecified atom stereocenters. The highest BCUT2D eigenvalue weighted by atomic mass is 35.5. The number of nitrogens with zero attached hydrogens (tertiary/aromatic N) is 6. The van der Waals surface area contributed by atoms with E-state index in [4.69, 9.17) is 47.0 Å². The fourth-order valence-electron chi connectivity index (χ4n) is 4.67. The Morgan fingerprint density at radius 3 is 2.08 bits per heavy atom. The van der Waals surface area contributed by atoms with Crippen LogP contribution in [0.3, 0.4) is 0 Å². The summed E-state index contributed by atoms with van der Waals surface area (Å²) < 4.78 is 71.6. The average molecular weight is 748 g/mol. The van der Waals surface area contributed by atoms with Crippen molar-refractivity contribution in [2.45, 2.75) is 57.9 Å². The number of carboxylic acids is 2. The van der Waals surface area contributed by atoms with Crippen LogP contribution in [0.2, 0.25) is 5.02 Å². The number of hydrogen-bond acceptors (Lipinski definition) is 9. The number of benzene rings is 1. The number of pyridine rings is 1. The molecule has 0 bridgehead atoms. The monoisotopic (exact) mass is 747 g/mol. The van der Waals surface area contributed by atoms with Crippen LogP contribution in [-0.2, 0) is 9.59 Å². The molecule has 1 saturated carbocycles. The lowest BCUT2D eigenvalue weighted by Gasteiger charge is -2.23. The largest absolute Gasteiger partial charge is 0.493 e. The molecule has 0 saturated heterocycles. The van der Waals surface area contributed by atoms with E-state index in [9.17, 15) is 31.1 Å². The molecule has 1 fully saturated rings. The van der Waals surface area contributed by atoms with E-state index in [1.165, 1.54) is 11.2 Å². The summed E-state index contributed by atoms with van der Waals surface area (Å²) in [4.78, 5) is 44.8. The van der Waals surface area contributed by atoms with Crippen LogP contribution < -0.4 is 10.5 Å². The van der Waals surface area contributed by atoms with Crippen molar-refractivity contribution in [3.63, 3.8) is 0 Å². The molecule has 5 rings (SSSR count). The minimum Gasteiger partial charge on any atom is -0.493 e. The molecule has 1 atom stereocenters. The Morgan fingerprint density at radius 2 is 1.63 bits per heavy atom. The Hall–Kier alpha value is -5.20. The quantitative estimate of drug-likeness (QED) is 0.181. The van der Waals surface area contributed by atoms with Crippen molar-refractivity contribution < 1.29 is 55.7 Å². The zero-order valence-electron chi connectivity index (χ0n) is 27.6. The third kappa shape index (κ3) is 9.53. The third-order valence-electron chi connectivity index (χ3n) is 7.28. The summed E-state index contributed by atoms with van der Waals surface area (Å²) in [6, 6.07) is 5.27. The summed E-state index contributed by atoms with van der Waals surface area (Å²) in [6.45, 7) is 6.41. The van der Waals surface area contributed by atoms with E-state index in [1.54, 1.807) is 26.4 Å². The Labute approximate surface area is 291 Å². The molecule has 3 aromatic heterocycles. The number of amides is 1. The zero-order valence-corrected chi connectivity index (χ0v) is 28.4. The molecule has 1 aromatic carbocycles. The average Bonchev–Trinajstić information content (AvgIpc) is 3.82. The van der Waals surface area contributed by atoms with Crippen molar-refractivity contribution >= 4 is 46.3 Å².